The van der Waals surface area contributed by atoms with Gasteiger partial charge in [0, 0.05) is 5.56 Å². The molecule has 1 rings (SSSR count). The normalized spacial score (nSPS) is 11.0. The molecule has 1 aromatic rings. The highest BCUT2D eigenvalue weighted by molar-refractivity contribution is 5.77. The zero-order chi connectivity index (χ0) is 14.6. The Labute approximate surface area is 113 Å². The second-order valence-corrected chi connectivity index (χ2v) is 5.27. The van der Waals surface area contributed by atoms with E-state index in [2.05, 4.69) is 0 Å². The van der Waals surface area contributed by atoms with Crippen LogP contribution in [-0.4, -0.2) is 26.0 Å². The van der Waals surface area contributed by atoms with Gasteiger partial charge >= 0.3 is 5.97 Å². The van der Waals surface area contributed by atoms with Gasteiger partial charge in [-0.25, -0.2) is 0 Å². The number of carbonyl (C=O) groups excluding carboxylic acids is 2. The summed E-state index contributed by atoms with van der Waals surface area (Å²) in [6.45, 7) is 7.51. The van der Waals surface area contributed by atoms with Crippen molar-refractivity contribution in [2.24, 2.45) is 5.41 Å². The number of hydrogen-bond donors (Lipinski definition) is 0. The average molecular weight is 264 g/mol. The first kappa shape index (κ1) is 15.2. The van der Waals surface area contributed by atoms with E-state index in [0.717, 1.165) is 17.4 Å². The Morgan fingerprint density at radius 1 is 1.26 bits per heavy atom. The van der Waals surface area contributed by atoms with Crippen LogP contribution in [0.1, 0.15) is 35.3 Å². The molecule has 0 N–H and O–H groups in total. The Hall–Kier alpha value is -1.84. The molecule has 4 nitrogen and oxygen atoms in total. The summed E-state index contributed by atoms with van der Waals surface area (Å²) in [7, 11) is 1.36. The standard InChI is InChI=1S/C15H20O4/c1-10-6-12(8-16)7-11(2)13(10)19-9-15(3,4)14(17)18-5/h6-8H,9H2,1-5H3. The molecule has 104 valence electrons. The smallest absolute Gasteiger partial charge is 0.314 e. The number of rotatable bonds is 5. The van der Waals surface area contributed by atoms with Crippen molar-refractivity contribution >= 4 is 12.3 Å². The predicted octanol–water partition coefficient (Wildman–Crippen LogP) is 2.69. The zero-order valence-corrected chi connectivity index (χ0v) is 12.1. The maximum atomic E-state index is 11.6. The molecule has 0 unspecified atom stereocenters. The zero-order valence-electron chi connectivity index (χ0n) is 12.1. The van der Waals surface area contributed by atoms with E-state index in [1.165, 1.54) is 7.11 Å². The number of hydrogen-bond acceptors (Lipinski definition) is 4. The molecule has 19 heavy (non-hydrogen) atoms. The lowest BCUT2D eigenvalue weighted by Gasteiger charge is -2.23. The SMILES string of the molecule is COC(=O)C(C)(C)COc1c(C)cc(C=O)cc1C. The van der Waals surface area contributed by atoms with E-state index in [4.69, 9.17) is 9.47 Å². The van der Waals surface area contributed by atoms with Gasteiger partial charge in [0.2, 0.25) is 0 Å². The molecule has 1 aromatic carbocycles. The Kier molecular flexibility index (Phi) is 4.70. The number of carbonyl (C=O) groups is 2. The minimum atomic E-state index is -0.711. The highest BCUT2D eigenvalue weighted by atomic mass is 16.5. The molecule has 0 aliphatic heterocycles. The molecule has 0 spiro atoms. The fourth-order valence-electron chi connectivity index (χ4n) is 1.87. The summed E-state index contributed by atoms with van der Waals surface area (Å²) >= 11 is 0. The maximum Gasteiger partial charge on any atom is 0.314 e. The third-order valence-electron chi connectivity index (χ3n) is 2.93. The summed E-state index contributed by atoms with van der Waals surface area (Å²) in [4.78, 5) is 22.3. The summed E-state index contributed by atoms with van der Waals surface area (Å²) in [6, 6.07) is 3.53. The van der Waals surface area contributed by atoms with E-state index < -0.39 is 5.41 Å². The van der Waals surface area contributed by atoms with E-state index in [9.17, 15) is 9.59 Å². The van der Waals surface area contributed by atoms with Crippen molar-refractivity contribution < 1.29 is 19.1 Å². The molecule has 0 atom stereocenters. The molecule has 0 saturated heterocycles. The van der Waals surface area contributed by atoms with Gasteiger partial charge in [0.05, 0.1) is 12.5 Å². The van der Waals surface area contributed by atoms with Crippen molar-refractivity contribution in [2.75, 3.05) is 13.7 Å². The van der Waals surface area contributed by atoms with Gasteiger partial charge in [0.1, 0.15) is 18.6 Å². The monoisotopic (exact) mass is 264 g/mol. The van der Waals surface area contributed by atoms with Crippen LogP contribution in [0, 0.1) is 19.3 Å². The number of methoxy groups -OCH3 is 1. The van der Waals surface area contributed by atoms with Crippen molar-refractivity contribution in [1.29, 1.82) is 0 Å². The van der Waals surface area contributed by atoms with Crippen LogP contribution in [0.25, 0.3) is 0 Å². The van der Waals surface area contributed by atoms with Crippen LogP contribution in [-0.2, 0) is 9.53 Å². The third-order valence-corrected chi connectivity index (χ3v) is 2.93. The Morgan fingerprint density at radius 2 is 1.79 bits per heavy atom. The molecule has 0 bridgehead atoms. The number of aryl methyl sites for hydroxylation is 2. The summed E-state index contributed by atoms with van der Waals surface area (Å²) in [6.07, 6.45) is 0.808. The first-order valence-electron chi connectivity index (χ1n) is 6.09. The quantitative estimate of drug-likeness (QED) is 0.606. The van der Waals surface area contributed by atoms with Gasteiger partial charge in [-0.3, -0.25) is 9.59 Å². The first-order valence-corrected chi connectivity index (χ1v) is 6.09. The van der Waals surface area contributed by atoms with Gasteiger partial charge in [-0.2, -0.15) is 0 Å². The third kappa shape index (κ3) is 3.56. The molecule has 4 heteroatoms. The fourth-order valence-corrected chi connectivity index (χ4v) is 1.87. The first-order chi connectivity index (χ1) is 8.81. The average Bonchev–Trinajstić information content (AvgIpc) is 2.36. The van der Waals surface area contributed by atoms with Crippen molar-refractivity contribution in [2.45, 2.75) is 27.7 Å². The fraction of sp³-hybridized carbons (Fsp3) is 0.467. The maximum absolute atomic E-state index is 11.6. The number of aldehydes is 1. The van der Waals surface area contributed by atoms with Crippen LogP contribution in [0.3, 0.4) is 0 Å². The van der Waals surface area contributed by atoms with Gasteiger partial charge in [-0.05, 0) is 51.0 Å². The number of benzene rings is 1. The molecular weight excluding hydrogens is 244 g/mol. The molecule has 0 aliphatic rings. The molecule has 0 saturated carbocycles. The predicted molar refractivity (Wildman–Crippen MR) is 72.6 cm³/mol. The summed E-state index contributed by atoms with van der Waals surface area (Å²) in [5, 5.41) is 0. The van der Waals surface area contributed by atoms with Crippen LogP contribution < -0.4 is 4.74 Å². The molecule has 0 fully saturated rings. The van der Waals surface area contributed by atoms with Crippen LogP contribution in [0.15, 0.2) is 12.1 Å². The van der Waals surface area contributed by atoms with Crippen molar-refractivity contribution in [1.82, 2.24) is 0 Å². The van der Waals surface area contributed by atoms with Crippen molar-refractivity contribution in [3.05, 3.63) is 28.8 Å². The Morgan fingerprint density at radius 3 is 2.21 bits per heavy atom. The molecule has 0 heterocycles. The van der Waals surface area contributed by atoms with Crippen LogP contribution >= 0.6 is 0 Å². The van der Waals surface area contributed by atoms with Crippen molar-refractivity contribution in [3.8, 4) is 5.75 Å². The van der Waals surface area contributed by atoms with E-state index in [0.29, 0.717) is 11.3 Å². The summed E-state index contributed by atoms with van der Waals surface area (Å²) in [5.41, 5.74) is 1.66. The lowest BCUT2D eigenvalue weighted by molar-refractivity contribution is -0.152. The minimum absolute atomic E-state index is 0.224. The van der Waals surface area contributed by atoms with E-state index in [1.807, 2.05) is 13.8 Å². The highest BCUT2D eigenvalue weighted by Crippen LogP contribution is 2.27. The van der Waals surface area contributed by atoms with Crippen LogP contribution in [0.5, 0.6) is 5.75 Å². The van der Waals surface area contributed by atoms with E-state index in [-0.39, 0.29) is 12.6 Å². The Bertz CT molecular complexity index is 466. The van der Waals surface area contributed by atoms with Gasteiger partial charge < -0.3 is 9.47 Å². The van der Waals surface area contributed by atoms with Crippen molar-refractivity contribution in [3.63, 3.8) is 0 Å². The summed E-state index contributed by atoms with van der Waals surface area (Å²) in [5.74, 6) is 0.398. The number of ether oxygens (including phenoxy) is 2. The molecule has 0 aliphatic carbocycles. The lowest BCUT2D eigenvalue weighted by Crippen LogP contribution is -2.32. The highest BCUT2D eigenvalue weighted by Gasteiger charge is 2.30. The molecule has 0 amide bonds. The van der Waals surface area contributed by atoms with Gasteiger partial charge in [-0.1, -0.05) is 0 Å². The molecule has 0 radical (unpaired) electrons. The second-order valence-electron chi connectivity index (χ2n) is 5.27. The van der Waals surface area contributed by atoms with Crippen LogP contribution in [0.4, 0.5) is 0 Å². The van der Waals surface area contributed by atoms with Crippen LogP contribution in [0.2, 0.25) is 0 Å². The van der Waals surface area contributed by atoms with E-state index >= 15 is 0 Å². The van der Waals surface area contributed by atoms with Gasteiger partial charge in [0.25, 0.3) is 0 Å². The second kappa shape index (κ2) is 5.87. The van der Waals surface area contributed by atoms with E-state index in [1.54, 1.807) is 26.0 Å². The topological polar surface area (TPSA) is 52.6 Å². The van der Waals surface area contributed by atoms with Gasteiger partial charge in [-0.15, -0.1) is 0 Å². The number of esters is 1. The minimum Gasteiger partial charge on any atom is -0.492 e. The summed E-state index contributed by atoms with van der Waals surface area (Å²) < 4.78 is 10.5. The largest absolute Gasteiger partial charge is 0.492 e. The van der Waals surface area contributed by atoms with Gasteiger partial charge in [0.15, 0.2) is 0 Å². The molecular formula is C15H20O4. The lowest BCUT2D eigenvalue weighted by atomic mass is 9.95. The molecule has 0 aromatic heterocycles. The Balaban J connectivity index is 2.90.